The minimum Gasteiger partial charge on any atom is -0.549 e. The second kappa shape index (κ2) is 6.19. The topological polar surface area (TPSA) is 43.4 Å². The van der Waals surface area contributed by atoms with Gasteiger partial charge in [0.15, 0.2) is 0 Å². The van der Waals surface area contributed by atoms with Crippen LogP contribution >= 0.6 is 0 Å². The maximum Gasteiger partial charge on any atom is 1.00 e. The number of hydrogen-bond acceptors (Lipinski definition) is 3. The van der Waals surface area contributed by atoms with E-state index in [1.807, 2.05) is 0 Å². The van der Waals surface area contributed by atoms with Gasteiger partial charge in [0, 0.05) is 6.54 Å². The van der Waals surface area contributed by atoms with Gasteiger partial charge < -0.3 is 14.8 Å². The van der Waals surface area contributed by atoms with Gasteiger partial charge in [-0.1, -0.05) is 0 Å². The third kappa shape index (κ3) is 10.1. The fourth-order valence-corrected chi connectivity index (χ4v) is 0.258. The molecule has 0 fully saturated rings. The van der Waals surface area contributed by atoms with Gasteiger partial charge in [0.25, 0.3) is 0 Å². The summed E-state index contributed by atoms with van der Waals surface area (Å²) in [6.45, 7) is 0. The van der Waals surface area contributed by atoms with Crippen LogP contribution in [-0.4, -0.2) is 31.5 Å². The first kappa shape index (κ1) is 11.8. The zero-order valence-electron chi connectivity index (χ0n) is 5.47. The second-order valence-electron chi connectivity index (χ2n) is 1.61. The molecule has 0 bridgehead atoms. The molecule has 0 aliphatic carbocycles. The Labute approximate surface area is 91.5 Å². The molecule has 0 radical (unpaired) electrons. The number of likely N-dealkylation sites (N-methyl/N-ethyl adjacent to an activating group) is 1. The van der Waals surface area contributed by atoms with Crippen LogP contribution in [-0.2, 0) is 4.79 Å². The molecule has 0 saturated carbocycles. The van der Waals surface area contributed by atoms with Gasteiger partial charge in [-0.2, -0.15) is 0 Å². The summed E-state index contributed by atoms with van der Waals surface area (Å²) in [7, 11) is 3.35. The van der Waals surface area contributed by atoms with Crippen LogP contribution in [0, 0.1) is 0 Å². The van der Waals surface area contributed by atoms with Crippen LogP contribution in [0.15, 0.2) is 0 Å². The first-order valence-electron chi connectivity index (χ1n) is 1.97. The third-order valence-corrected chi connectivity index (χ3v) is 0.445. The molecular formula is C4H8KNO2. The Morgan fingerprint density at radius 2 is 2.00 bits per heavy atom. The van der Waals surface area contributed by atoms with Gasteiger partial charge in [0.2, 0.25) is 0 Å². The third-order valence-electron chi connectivity index (χ3n) is 0.445. The summed E-state index contributed by atoms with van der Waals surface area (Å²) in [5.41, 5.74) is 0. The van der Waals surface area contributed by atoms with Crippen molar-refractivity contribution in [3.63, 3.8) is 0 Å². The second-order valence-corrected chi connectivity index (χ2v) is 1.61. The Hall–Kier alpha value is 1.07. The van der Waals surface area contributed by atoms with Gasteiger partial charge in [-0.05, 0) is 14.1 Å². The van der Waals surface area contributed by atoms with E-state index in [0.717, 1.165) is 0 Å². The van der Waals surface area contributed by atoms with Crippen molar-refractivity contribution in [2.45, 2.75) is 0 Å². The van der Waals surface area contributed by atoms with E-state index in [0.29, 0.717) is 0 Å². The zero-order chi connectivity index (χ0) is 5.86. The van der Waals surface area contributed by atoms with Gasteiger partial charge in [-0.25, -0.2) is 0 Å². The summed E-state index contributed by atoms with van der Waals surface area (Å²) in [4.78, 5) is 11.2. The molecule has 0 heterocycles. The maximum absolute atomic E-state index is 9.66. The van der Waals surface area contributed by atoms with Crippen LogP contribution in [0.2, 0.25) is 0 Å². The van der Waals surface area contributed by atoms with Gasteiger partial charge in [0.1, 0.15) is 0 Å². The smallest absolute Gasteiger partial charge is 0.549 e. The maximum atomic E-state index is 9.66. The summed E-state index contributed by atoms with van der Waals surface area (Å²) in [6, 6.07) is 0. The van der Waals surface area contributed by atoms with Crippen molar-refractivity contribution < 1.29 is 61.3 Å². The van der Waals surface area contributed by atoms with Gasteiger partial charge in [-0.3, -0.25) is 0 Å². The molecule has 0 N–H and O–H groups in total. The Balaban J connectivity index is 0. The Bertz CT molecular complexity index is 74.4. The van der Waals surface area contributed by atoms with Crippen molar-refractivity contribution in [2.75, 3.05) is 20.6 Å². The first-order chi connectivity index (χ1) is 3.13. The van der Waals surface area contributed by atoms with Crippen molar-refractivity contribution in [1.29, 1.82) is 0 Å². The van der Waals surface area contributed by atoms with Crippen molar-refractivity contribution in [3.8, 4) is 0 Å². The van der Waals surface area contributed by atoms with Crippen LogP contribution in [0.3, 0.4) is 0 Å². The van der Waals surface area contributed by atoms with Crippen LogP contribution in [0.1, 0.15) is 0 Å². The molecular weight excluding hydrogens is 133 g/mol. The van der Waals surface area contributed by atoms with Crippen molar-refractivity contribution in [2.24, 2.45) is 0 Å². The molecule has 0 aliphatic heterocycles. The molecule has 0 aromatic heterocycles. The van der Waals surface area contributed by atoms with Crippen LogP contribution < -0.4 is 56.5 Å². The molecule has 0 saturated heterocycles. The molecule has 0 unspecified atom stereocenters. The van der Waals surface area contributed by atoms with Gasteiger partial charge in [-0.15, -0.1) is 0 Å². The first-order valence-corrected chi connectivity index (χ1v) is 1.97. The Morgan fingerprint density at radius 1 is 1.62 bits per heavy atom. The minimum atomic E-state index is -1.04. The number of carboxylic acids is 1. The molecule has 8 heavy (non-hydrogen) atoms. The molecule has 0 atom stereocenters. The van der Waals surface area contributed by atoms with E-state index in [9.17, 15) is 9.90 Å². The number of carbonyl (C=O) groups is 1. The normalized spacial score (nSPS) is 8.38. The summed E-state index contributed by atoms with van der Waals surface area (Å²) in [5.74, 6) is -1.04. The SMILES string of the molecule is CN(C)CC(=O)[O-].[K+]. The summed E-state index contributed by atoms with van der Waals surface area (Å²) >= 11 is 0. The van der Waals surface area contributed by atoms with Gasteiger partial charge in [0.05, 0.1) is 5.97 Å². The molecule has 0 amide bonds. The minimum absolute atomic E-state index is 0. The van der Waals surface area contributed by atoms with Crippen LogP contribution in [0.25, 0.3) is 0 Å². The van der Waals surface area contributed by atoms with Crippen LogP contribution in [0.4, 0.5) is 0 Å². The number of aliphatic carboxylic acids is 1. The summed E-state index contributed by atoms with van der Waals surface area (Å²) in [5, 5.41) is 9.66. The number of carboxylic acid groups (broad SMARTS) is 1. The molecule has 0 aromatic rings. The summed E-state index contributed by atoms with van der Waals surface area (Å²) in [6.07, 6.45) is 0. The molecule has 4 heteroatoms. The van der Waals surface area contributed by atoms with E-state index >= 15 is 0 Å². The fraction of sp³-hybridized carbons (Fsp3) is 0.750. The van der Waals surface area contributed by atoms with Crippen molar-refractivity contribution in [3.05, 3.63) is 0 Å². The predicted octanol–water partition coefficient (Wildman–Crippen LogP) is -4.70. The van der Waals surface area contributed by atoms with E-state index < -0.39 is 5.97 Å². The average Bonchev–Trinajstić information content (AvgIpc) is 1.27. The number of rotatable bonds is 2. The summed E-state index contributed by atoms with van der Waals surface area (Å²) < 4.78 is 0. The average molecular weight is 141 g/mol. The number of carbonyl (C=O) groups excluding carboxylic acids is 1. The van der Waals surface area contributed by atoms with E-state index in [4.69, 9.17) is 0 Å². The monoisotopic (exact) mass is 141 g/mol. The number of nitrogens with zero attached hydrogens (tertiary/aromatic N) is 1. The Morgan fingerprint density at radius 3 is 2.00 bits per heavy atom. The zero-order valence-corrected chi connectivity index (χ0v) is 8.59. The van der Waals surface area contributed by atoms with Crippen molar-refractivity contribution >= 4 is 5.97 Å². The standard InChI is InChI=1S/C4H9NO2.K/c1-5(2)3-4(6)7;/h3H2,1-2H3,(H,6,7);/q;+1/p-1. The largest absolute Gasteiger partial charge is 1.00 e. The van der Waals surface area contributed by atoms with Crippen molar-refractivity contribution in [1.82, 2.24) is 4.90 Å². The fourth-order valence-electron chi connectivity index (χ4n) is 0.258. The molecule has 0 spiro atoms. The number of hydrogen-bond donors (Lipinski definition) is 0. The quantitative estimate of drug-likeness (QED) is 0.363. The van der Waals surface area contributed by atoms with Gasteiger partial charge >= 0.3 is 51.4 Å². The Kier molecular flexibility index (Phi) is 9.14. The molecule has 0 aliphatic rings. The van der Waals surface area contributed by atoms with E-state index in [1.165, 1.54) is 4.90 Å². The molecule has 0 rings (SSSR count). The van der Waals surface area contributed by atoms with E-state index in [1.54, 1.807) is 14.1 Å². The molecule has 42 valence electrons. The molecule has 0 aromatic carbocycles. The predicted molar refractivity (Wildman–Crippen MR) is 23.6 cm³/mol. The van der Waals surface area contributed by atoms with E-state index in [2.05, 4.69) is 0 Å². The van der Waals surface area contributed by atoms with Crippen LogP contribution in [0.5, 0.6) is 0 Å². The molecule has 3 nitrogen and oxygen atoms in total. The van der Waals surface area contributed by atoms with E-state index in [-0.39, 0.29) is 57.9 Å².